The average molecular weight is 259 g/mol. The first-order valence-corrected chi connectivity index (χ1v) is 6.47. The summed E-state index contributed by atoms with van der Waals surface area (Å²) in [7, 11) is 1.89. The lowest BCUT2D eigenvalue weighted by Gasteiger charge is -2.24. The van der Waals surface area contributed by atoms with Crippen molar-refractivity contribution >= 4 is 17.0 Å². The third kappa shape index (κ3) is 2.21. The molecule has 0 spiro atoms. The van der Waals surface area contributed by atoms with Crippen LogP contribution in [0.25, 0.3) is 11.0 Å². The van der Waals surface area contributed by atoms with Gasteiger partial charge in [-0.25, -0.2) is 4.98 Å². The molecule has 100 valence electrons. The highest BCUT2D eigenvalue weighted by atomic mass is 16.4. The SMILES string of the molecule is Cc1nc2ccc(C(C(=O)O)N(C)C3CC3)cc2[nH]1. The summed E-state index contributed by atoms with van der Waals surface area (Å²) in [5.74, 6) is 0.0413. The molecule has 1 aliphatic carbocycles. The Hall–Kier alpha value is -1.88. The molecule has 1 saturated carbocycles. The number of nitrogens with one attached hydrogen (secondary N) is 1. The molecule has 0 aliphatic heterocycles. The molecule has 0 saturated heterocycles. The third-order valence-corrected chi connectivity index (χ3v) is 3.70. The van der Waals surface area contributed by atoms with Crippen molar-refractivity contribution in [2.24, 2.45) is 0 Å². The van der Waals surface area contributed by atoms with Gasteiger partial charge in [-0.15, -0.1) is 0 Å². The van der Waals surface area contributed by atoms with Crippen molar-refractivity contribution in [2.45, 2.75) is 31.8 Å². The minimum absolute atomic E-state index is 0.403. The Balaban J connectivity index is 2.01. The molecule has 2 N–H and O–H groups in total. The highest BCUT2D eigenvalue weighted by Gasteiger charge is 2.35. The van der Waals surface area contributed by atoms with E-state index in [0.29, 0.717) is 6.04 Å². The molecular weight excluding hydrogens is 242 g/mol. The van der Waals surface area contributed by atoms with E-state index in [4.69, 9.17) is 0 Å². The quantitative estimate of drug-likeness (QED) is 0.882. The standard InChI is InChI=1S/C14H17N3O2/c1-8-15-11-6-3-9(7-12(11)16-8)13(14(18)19)17(2)10-4-5-10/h3,6-7,10,13H,4-5H2,1-2H3,(H,15,16)(H,18,19). The molecular formula is C14H17N3O2. The molecule has 5 nitrogen and oxygen atoms in total. The molecule has 1 aliphatic rings. The predicted molar refractivity (Wildman–Crippen MR) is 72.0 cm³/mol. The van der Waals surface area contributed by atoms with Crippen LogP contribution in [0.3, 0.4) is 0 Å². The number of carbonyl (C=O) groups is 1. The minimum Gasteiger partial charge on any atom is -0.480 e. The fourth-order valence-corrected chi connectivity index (χ4v) is 2.57. The molecule has 0 radical (unpaired) electrons. The lowest BCUT2D eigenvalue weighted by molar-refractivity contribution is -0.143. The second-order valence-electron chi connectivity index (χ2n) is 5.24. The maximum atomic E-state index is 11.5. The summed E-state index contributed by atoms with van der Waals surface area (Å²) in [5, 5.41) is 9.48. The van der Waals surface area contributed by atoms with Crippen LogP contribution >= 0.6 is 0 Å². The summed E-state index contributed by atoms with van der Waals surface area (Å²) >= 11 is 0. The normalized spacial score (nSPS) is 17.0. The third-order valence-electron chi connectivity index (χ3n) is 3.70. The van der Waals surface area contributed by atoms with Crippen LogP contribution < -0.4 is 0 Å². The van der Waals surface area contributed by atoms with Crippen molar-refractivity contribution in [1.29, 1.82) is 0 Å². The summed E-state index contributed by atoms with van der Waals surface area (Å²) in [6.45, 7) is 1.89. The predicted octanol–water partition coefficient (Wildman–Crippen LogP) is 2.09. The molecule has 3 rings (SSSR count). The van der Waals surface area contributed by atoms with Gasteiger partial charge in [0.2, 0.25) is 0 Å². The fourth-order valence-electron chi connectivity index (χ4n) is 2.57. The molecule has 19 heavy (non-hydrogen) atoms. The minimum atomic E-state index is -0.801. The molecule has 1 fully saturated rings. The molecule has 5 heteroatoms. The lowest BCUT2D eigenvalue weighted by Crippen LogP contribution is -2.32. The van der Waals surface area contributed by atoms with Crippen molar-refractivity contribution in [3.8, 4) is 0 Å². The molecule has 0 amide bonds. The highest BCUT2D eigenvalue weighted by Crippen LogP contribution is 2.33. The second kappa shape index (κ2) is 4.35. The lowest BCUT2D eigenvalue weighted by atomic mass is 10.0. The van der Waals surface area contributed by atoms with Crippen molar-refractivity contribution < 1.29 is 9.90 Å². The van der Waals surface area contributed by atoms with Gasteiger partial charge >= 0.3 is 5.97 Å². The number of carboxylic acids is 1. The Kier molecular flexibility index (Phi) is 2.78. The van der Waals surface area contributed by atoms with E-state index in [2.05, 4.69) is 9.97 Å². The van der Waals surface area contributed by atoms with Crippen LogP contribution in [0.2, 0.25) is 0 Å². The Morgan fingerprint density at radius 3 is 2.89 bits per heavy atom. The zero-order valence-electron chi connectivity index (χ0n) is 11.1. The number of nitrogens with zero attached hydrogens (tertiary/aromatic N) is 2. The van der Waals surface area contributed by atoms with E-state index in [0.717, 1.165) is 35.3 Å². The fraction of sp³-hybridized carbons (Fsp3) is 0.429. The van der Waals surface area contributed by atoms with Crippen molar-refractivity contribution in [3.63, 3.8) is 0 Å². The summed E-state index contributed by atoms with van der Waals surface area (Å²) in [6, 6.07) is 5.46. The number of carboxylic acid groups (broad SMARTS) is 1. The van der Waals surface area contributed by atoms with Crippen LogP contribution in [0.15, 0.2) is 18.2 Å². The van der Waals surface area contributed by atoms with Crippen molar-refractivity contribution in [2.75, 3.05) is 7.05 Å². The maximum Gasteiger partial charge on any atom is 0.325 e. The van der Waals surface area contributed by atoms with E-state index in [1.54, 1.807) is 0 Å². The van der Waals surface area contributed by atoms with Crippen LogP contribution in [0, 0.1) is 6.92 Å². The second-order valence-corrected chi connectivity index (χ2v) is 5.24. The largest absolute Gasteiger partial charge is 0.480 e. The van der Waals surface area contributed by atoms with Gasteiger partial charge in [0.05, 0.1) is 11.0 Å². The molecule has 2 aromatic rings. The van der Waals surface area contributed by atoms with E-state index >= 15 is 0 Å². The molecule has 1 atom stereocenters. The summed E-state index contributed by atoms with van der Waals surface area (Å²) in [5.41, 5.74) is 2.57. The van der Waals surface area contributed by atoms with E-state index in [-0.39, 0.29) is 0 Å². The van der Waals surface area contributed by atoms with Gasteiger partial charge in [0.1, 0.15) is 11.9 Å². The Morgan fingerprint density at radius 2 is 2.26 bits per heavy atom. The first-order valence-electron chi connectivity index (χ1n) is 6.47. The molecule has 0 bridgehead atoms. The van der Waals surface area contributed by atoms with Crippen LogP contribution in [0.4, 0.5) is 0 Å². The maximum absolute atomic E-state index is 11.5. The van der Waals surface area contributed by atoms with Gasteiger partial charge in [0.15, 0.2) is 0 Å². The molecule has 1 unspecified atom stereocenters. The molecule has 1 heterocycles. The average Bonchev–Trinajstić information content (AvgIpc) is 3.11. The Morgan fingerprint density at radius 1 is 1.53 bits per heavy atom. The smallest absolute Gasteiger partial charge is 0.325 e. The van der Waals surface area contributed by atoms with Gasteiger partial charge in [-0.1, -0.05) is 6.07 Å². The van der Waals surface area contributed by atoms with Gasteiger partial charge in [-0.05, 0) is 44.5 Å². The number of benzene rings is 1. The number of H-pyrrole nitrogens is 1. The van der Waals surface area contributed by atoms with Crippen LogP contribution in [0.5, 0.6) is 0 Å². The highest BCUT2D eigenvalue weighted by molar-refractivity contribution is 5.80. The molecule has 1 aromatic carbocycles. The van der Waals surface area contributed by atoms with Crippen molar-refractivity contribution in [3.05, 3.63) is 29.6 Å². The molecule has 1 aromatic heterocycles. The van der Waals surface area contributed by atoms with Gasteiger partial charge in [0.25, 0.3) is 0 Å². The number of aryl methyl sites for hydroxylation is 1. The van der Waals surface area contributed by atoms with E-state index < -0.39 is 12.0 Å². The summed E-state index contributed by atoms with van der Waals surface area (Å²) in [4.78, 5) is 21.0. The Labute approximate surface area is 111 Å². The number of imidazole rings is 1. The topological polar surface area (TPSA) is 69.2 Å². The number of likely N-dealkylation sites (N-methyl/N-ethyl adjacent to an activating group) is 1. The van der Waals surface area contributed by atoms with Crippen LogP contribution in [-0.4, -0.2) is 39.0 Å². The number of fused-ring (bicyclic) bond motifs is 1. The summed E-state index contributed by atoms with van der Waals surface area (Å²) < 4.78 is 0. The van der Waals surface area contributed by atoms with Crippen molar-refractivity contribution in [1.82, 2.24) is 14.9 Å². The van der Waals surface area contributed by atoms with Crippen LogP contribution in [0.1, 0.15) is 30.3 Å². The number of hydrogen-bond donors (Lipinski definition) is 2. The zero-order valence-corrected chi connectivity index (χ0v) is 11.1. The van der Waals surface area contributed by atoms with Crippen LogP contribution in [-0.2, 0) is 4.79 Å². The van der Waals surface area contributed by atoms with Gasteiger partial charge in [-0.3, -0.25) is 9.69 Å². The van der Waals surface area contributed by atoms with Gasteiger partial charge in [-0.2, -0.15) is 0 Å². The summed E-state index contributed by atoms with van der Waals surface area (Å²) in [6.07, 6.45) is 2.18. The number of aliphatic carboxylic acids is 1. The van der Waals surface area contributed by atoms with E-state index in [1.807, 2.05) is 37.1 Å². The van der Waals surface area contributed by atoms with E-state index in [1.165, 1.54) is 0 Å². The number of aromatic nitrogens is 2. The van der Waals surface area contributed by atoms with Gasteiger partial charge in [0, 0.05) is 6.04 Å². The first kappa shape index (κ1) is 12.2. The first-order chi connectivity index (χ1) is 9.06. The monoisotopic (exact) mass is 259 g/mol. The van der Waals surface area contributed by atoms with Gasteiger partial charge < -0.3 is 10.1 Å². The zero-order chi connectivity index (χ0) is 13.6. The number of aromatic amines is 1. The number of hydrogen-bond acceptors (Lipinski definition) is 3. The number of rotatable bonds is 4. The Bertz CT molecular complexity index is 631. The van der Waals surface area contributed by atoms with E-state index in [9.17, 15) is 9.90 Å².